The number of unbranched alkanes of at least 4 members (excludes halogenated alkanes) is 30. The van der Waals surface area contributed by atoms with Crippen LogP contribution < -0.4 is 0 Å². The van der Waals surface area contributed by atoms with Gasteiger partial charge >= 0.3 is 17.9 Å². The van der Waals surface area contributed by atoms with Crippen molar-refractivity contribution in [3.05, 3.63) is 0 Å². The Balaban J connectivity index is 4.29. The standard InChI is InChI=1S/C48H92O6/c1-5-7-9-11-13-15-16-20-24-28-32-36-40-47(50)53-43-45(42-52-46(49)39-35-31-27-22-14-12-10-8-6-2)54-48(51)41-37-33-29-25-21-18-17-19-23-26-30-34-38-44(3)4/h44-45H,5-43H2,1-4H3/t45-/m1/s1. The minimum absolute atomic E-state index is 0.0634. The molecule has 0 aromatic rings. The van der Waals surface area contributed by atoms with Crippen molar-refractivity contribution in [2.75, 3.05) is 13.2 Å². The molecule has 0 spiro atoms. The minimum atomic E-state index is -0.759. The van der Waals surface area contributed by atoms with E-state index in [1.165, 1.54) is 161 Å². The van der Waals surface area contributed by atoms with Gasteiger partial charge in [0.15, 0.2) is 6.10 Å². The number of carbonyl (C=O) groups excluding carboxylic acids is 3. The van der Waals surface area contributed by atoms with Gasteiger partial charge in [-0.3, -0.25) is 14.4 Å². The summed E-state index contributed by atoms with van der Waals surface area (Å²) in [6.45, 7) is 8.99. The van der Waals surface area contributed by atoms with Crippen LogP contribution in [-0.4, -0.2) is 37.2 Å². The molecule has 0 aliphatic carbocycles. The van der Waals surface area contributed by atoms with Crippen molar-refractivity contribution in [2.45, 2.75) is 271 Å². The van der Waals surface area contributed by atoms with Gasteiger partial charge in [0.25, 0.3) is 0 Å². The Morgan fingerprint density at radius 1 is 0.352 bits per heavy atom. The number of hydrogen-bond donors (Lipinski definition) is 0. The normalized spacial score (nSPS) is 11.9. The Hall–Kier alpha value is -1.59. The maximum Gasteiger partial charge on any atom is 0.306 e. The molecule has 0 rings (SSSR count). The molecule has 0 saturated carbocycles. The Kier molecular flexibility index (Phi) is 41.3. The first-order valence-electron chi connectivity index (χ1n) is 23.9. The van der Waals surface area contributed by atoms with Crippen LogP contribution in [0.3, 0.4) is 0 Å². The molecule has 0 radical (unpaired) electrons. The van der Waals surface area contributed by atoms with Crippen molar-refractivity contribution in [2.24, 2.45) is 5.92 Å². The summed E-state index contributed by atoms with van der Waals surface area (Å²) in [5.41, 5.74) is 0. The molecule has 0 N–H and O–H groups in total. The van der Waals surface area contributed by atoms with Crippen LogP contribution in [0, 0.1) is 5.92 Å². The Morgan fingerprint density at radius 3 is 0.907 bits per heavy atom. The zero-order valence-electron chi connectivity index (χ0n) is 36.7. The van der Waals surface area contributed by atoms with E-state index >= 15 is 0 Å². The van der Waals surface area contributed by atoms with Gasteiger partial charge < -0.3 is 14.2 Å². The second-order valence-electron chi connectivity index (χ2n) is 16.9. The van der Waals surface area contributed by atoms with E-state index in [4.69, 9.17) is 14.2 Å². The van der Waals surface area contributed by atoms with Gasteiger partial charge in [-0.25, -0.2) is 0 Å². The number of rotatable bonds is 43. The summed E-state index contributed by atoms with van der Waals surface area (Å²) in [6, 6.07) is 0. The Morgan fingerprint density at radius 2 is 0.611 bits per heavy atom. The molecule has 320 valence electrons. The molecule has 0 unspecified atom stereocenters. The van der Waals surface area contributed by atoms with Crippen LogP contribution in [0.4, 0.5) is 0 Å². The zero-order chi connectivity index (χ0) is 39.6. The molecular weight excluding hydrogens is 673 g/mol. The number of carbonyl (C=O) groups is 3. The molecule has 0 aliphatic heterocycles. The van der Waals surface area contributed by atoms with Gasteiger partial charge in [-0.2, -0.15) is 0 Å². The molecule has 0 fully saturated rings. The summed E-state index contributed by atoms with van der Waals surface area (Å²) in [7, 11) is 0. The molecule has 0 aromatic heterocycles. The van der Waals surface area contributed by atoms with Crippen LogP contribution in [0.1, 0.15) is 265 Å². The predicted octanol–water partition coefficient (Wildman–Crippen LogP) is 15.1. The first kappa shape index (κ1) is 52.4. The maximum atomic E-state index is 12.7. The molecule has 0 aromatic carbocycles. The molecule has 0 saturated heterocycles. The third kappa shape index (κ3) is 41.6. The minimum Gasteiger partial charge on any atom is -0.462 e. The zero-order valence-corrected chi connectivity index (χ0v) is 36.7. The molecule has 0 bridgehead atoms. The van der Waals surface area contributed by atoms with Gasteiger partial charge in [-0.05, 0) is 25.2 Å². The van der Waals surface area contributed by atoms with Crippen molar-refractivity contribution < 1.29 is 28.6 Å². The smallest absolute Gasteiger partial charge is 0.306 e. The molecule has 0 amide bonds. The molecular formula is C48H92O6. The molecule has 0 aliphatic rings. The third-order valence-electron chi connectivity index (χ3n) is 10.8. The highest BCUT2D eigenvalue weighted by Crippen LogP contribution is 2.16. The van der Waals surface area contributed by atoms with Gasteiger partial charge in [-0.15, -0.1) is 0 Å². The quantitative estimate of drug-likeness (QED) is 0.0349. The van der Waals surface area contributed by atoms with Gasteiger partial charge in [0.1, 0.15) is 13.2 Å². The largest absolute Gasteiger partial charge is 0.462 e. The van der Waals surface area contributed by atoms with E-state index in [1.807, 2.05) is 0 Å². The first-order valence-corrected chi connectivity index (χ1v) is 23.9. The number of ether oxygens (including phenoxy) is 3. The lowest BCUT2D eigenvalue weighted by atomic mass is 10.0. The first-order chi connectivity index (χ1) is 26.4. The van der Waals surface area contributed by atoms with Crippen molar-refractivity contribution >= 4 is 17.9 Å². The summed E-state index contributed by atoms with van der Waals surface area (Å²) in [5.74, 6) is -0.0206. The van der Waals surface area contributed by atoms with Crippen molar-refractivity contribution in [1.29, 1.82) is 0 Å². The molecule has 6 nitrogen and oxygen atoms in total. The second-order valence-corrected chi connectivity index (χ2v) is 16.9. The van der Waals surface area contributed by atoms with Crippen LogP contribution in [0.5, 0.6) is 0 Å². The average molecular weight is 765 g/mol. The summed E-state index contributed by atoms with van der Waals surface area (Å²) in [4.78, 5) is 37.7. The van der Waals surface area contributed by atoms with E-state index in [-0.39, 0.29) is 31.1 Å². The Bertz CT molecular complexity index is 811. The fourth-order valence-electron chi connectivity index (χ4n) is 7.16. The lowest BCUT2D eigenvalue weighted by Gasteiger charge is -2.18. The molecule has 6 heteroatoms. The lowest BCUT2D eigenvalue weighted by Crippen LogP contribution is -2.30. The third-order valence-corrected chi connectivity index (χ3v) is 10.8. The van der Waals surface area contributed by atoms with Crippen LogP contribution >= 0.6 is 0 Å². The number of esters is 3. The highest BCUT2D eigenvalue weighted by molar-refractivity contribution is 5.71. The van der Waals surface area contributed by atoms with E-state index in [0.29, 0.717) is 19.3 Å². The highest BCUT2D eigenvalue weighted by atomic mass is 16.6. The second kappa shape index (κ2) is 42.6. The van der Waals surface area contributed by atoms with Gasteiger partial charge in [0.2, 0.25) is 0 Å². The summed E-state index contributed by atoms with van der Waals surface area (Å²) in [6.07, 6.45) is 42.3. The molecule has 1 atom stereocenters. The number of hydrogen-bond acceptors (Lipinski definition) is 6. The summed E-state index contributed by atoms with van der Waals surface area (Å²) in [5, 5.41) is 0. The highest BCUT2D eigenvalue weighted by Gasteiger charge is 2.19. The van der Waals surface area contributed by atoms with E-state index in [0.717, 1.165) is 63.7 Å². The molecule has 0 heterocycles. The topological polar surface area (TPSA) is 78.9 Å². The monoisotopic (exact) mass is 765 g/mol. The van der Waals surface area contributed by atoms with E-state index in [1.54, 1.807) is 0 Å². The SMILES string of the molecule is CCCCCCCCCCCCCCC(=O)OC[C@@H](COC(=O)CCCCCCCCCCC)OC(=O)CCCCCCCCCCCCCCC(C)C. The van der Waals surface area contributed by atoms with Gasteiger partial charge in [0.05, 0.1) is 0 Å². The average Bonchev–Trinajstić information content (AvgIpc) is 3.15. The van der Waals surface area contributed by atoms with Crippen molar-refractivity contribution in [3.63, 3.8) is 0 Å². The summed E-state index contributed by atoms with van der Waals surface area (Å²) < 4.78 is 16.7. The van der Waals surface area contributed by atoms with E-state index in [9.17, 15) is 14.4 Å². The van der Waals surface area contributed by atoms with Gasteiger partial charge in [0, 0.05) is 19.3 Å². The van der Waals surface area contributed by atoms with E-state index in [2.05, 4.69) is 27.7 Å². The van der Waals surface area contributed by atoms with Crippen molar-refractivity contribution in [3.8, 4) is 0 Å². The van der Waals surface area contributed by atoms with Crippen molar-refractivity contribution in [1.82, 2.24) is 0 Å². The fraction of sp³-hybridized carbons (Fsp3) is 0.938. The van der Waals surface area contributed by atoms with Gasteiger partial charge in [-0.1, -0.05) is 227 Å². The molecule has 54 heavy (non-hydrogen) atoms. The van der Waals surface area contributed by atoms with E-state index < -0.39 is 6.10 Å². The predicted molar refractivity (Wildman–Crippen MR) is 229 cm³/mol. The fourth-order valence-corrected chi connectivity index (χ4v) is 7.16. The Labute approximate surface area is 336 Å². The van der Waals surface area contributed by atoms with Crippen LogP contribution in [-0.2, 0) is 28.6 Å². The van der Waals surface area contributed by atoms with Crippen LogP contribution in [0.15, 0.2) is 0 Å². The maximum absolute atomic E-state index is 12.7. The lowest BCUT2D eigenvalue weighted by molar-refractivity contribution is -0.167. The van der Waals surface area contributed by atoms with Crippen LogP contribution in [0.2, 0.25) is 0 Å². The summed E-state index contributed by atoms with van der Waals surface area (Å²) >= 11 is 0. The van der Waals surface area contributed by atoms with Crippen LogP contribution in [0.25, 0.3) is 0 Å².